The zero-order valence-corrected chi connectivity index (χ0v) is 11.2. The minimum absolute atomic E-state index is 0.597. The molecule has 0 radical (unpaired) electrons. The highest BCUT2D eigenvalue weighted by molar-refractivity contribution is 7.99. The molecule has 0 bridgehead atoms. The summed E-state index contributed by atoms with van der Waals surface area (Å²) in [7, 11) is 0. The minimum Gasteiger partial charge on any atom is -0.309 e. The summed E-state index contributed by atoms with van der Waals surface area (Å²) in [6.45, 7) is 0. The first-order chi connectivity index (χ1) is 8.93. The molecule has 0 amide bonds. The number of hydrogen-bond donors (Lipinski definition) is 0. The van der Waals surface area contributed by atoms with Crippen molar-refractivity contribution in [2.24, 2.45) is 0 Å². The molecule has 18 heavy (non-hydrogen) atoms. The Morgan fingerprint density at radius 1 is 1.22 bits per heavy atom. The van der Waals surface area contributed by atoms with Crippen LogP contribution >= 0.6 is 11.8 Å². The number of aromatic nitrogens is 3. The summed E-state index contributed by atoms with van der Waals surface area (Å²) in [6.07, 6.45) is 8.45. The SMILES string of the molecule is c1cnc2c(c1)nc(C1CCCS1)n2C1CCC1. The van der Waals surface area contributed by atoms with E-state index in [1.807, 2.05) is 12.3 Å². The van der Waals surface area contributed by atoms with Crippen molar-refractivity contribution in [2.45, 2.75) is 43.4 Å². The van der Waals surface area contributed by atoms with Crippen LogP contribution in [0.1, 0.15) is 49.2 Å². The second-order valence-corrected chi connectivity index (χ2v) is 6.58. The fraction of sp³-hybridized carbons (Fsp3) is 0.571. The molecule has 2 fully saturated rings. The second kappa shape index (κ2) is 4.26. The van der Waals surface area contributed by atoms with E-state index >= 15 is 0 Å². The van der Waals surface area contributed by atoms with Crippen LogP contribution in [0.2, 0.25) is 0 Å². The van der Waals surface area contributed by atoms with Crippen LogP contribution in [0.4, 0.5) is 0 Å². The van der Waals surface area contributed by atoms with E-state index in [1.54, 1.807) is 0 Å². The van der Waals surface area contributed by atoms with Crippen molar-refractivity contribution < 1.29 is 0 Å². The maximum absolute atomic E-state index is 4.88. The van der Waals surface area contributed by atoms with Gasteiger partial charge < -0.3 is 4.57 Å². The standard InChI is InChI=1S/C14H17N3S/c1-4-10(5-1)17-13-11(6-2-8-15-13)16-14(17)12-7-3-9-18-12/h2,6,8,10,12H,1,3-5,7,9H2. The quantitative estimate of drug-likeness (QED) is 0.823. The average molecular weight is 259 g/mol. The third-order valence-electron chi connectivity index (χ3n) is 4.13. The van der Waals surface area contributed by atoms with Crippen LogP contribution < -0.4 is 0 Å². The first-order valence-corrected chi connectivity index (χ1v) is 7.93. The fourth-order valence-electron chi connectivity index (χ4n) is 2.96. The number of thioether (sulfide) groups is 1. The van der Waals surface area contributed by atoms with Crippen molar-refractivity contribution in [3.8, 4) is 0 Å². The molecule has 3 heterocycles. The Morgan fingerprint density at radius 2 is 2.17 bits per heavy atom. The number of pyridine rings is 1. The van der Waals surface area contributed by atoms with Gasteiger partial charge in [-0.3, -0.25) is 0 Å². The largest absolute Gasteiger partial charge is 0.309 e. The monoisotopic (exact) mass is 259 g/mol. The van der Waals surface area contributed by atoms with E-state index in [1.165, 1.54) is 43.7 Å². The minimum atomic E-state index is 0.597. The number of hydrogen-bond acceptors (Lipinski definition) is 3. The Labute approximate surface area is 111 Å². The number of rotatable bonds is 2. The summed E-state index contributed by atoms with van der Waals surface area (Å²) in [5.74, 6) is 2.57. The van der Waals surface area contributed by atoms with Gasteiger partial charge in [0.05, 0.1) is 5.25 Å². The molecule has 0 aromatic carbocycles. The Kier molecular flexibility index (Phi) is 2.57. The summed E-state index contributed by atoms with van der Waals surface area (Å²) in [5.41, 5.74) is 2.18. The zero-order valence-electron chi connectivity index (χ0n) is 10.4. The molecular weight excluding hydrogens is 242 g/mol. The Bertz CT molecular complexity index is 567. The van der Waals surface area contributed by atoms with E-state index in [-0.39, 0.29) is 0 Å². The molecule has 1 saturated heterocycles. The normalized spacial score (nSPS) is 24.6. The molecule has 0 N–H and O–H groups in total. The molecular formula is C14H17N3S. The summed E-state index contributed by atoms with van der Waals surface area (Å²) in [4.78, 5) is 9.44. The van der Waals surface area contributed by atoms with Gasteiger partial charge in [0.15, 0.2) is 5.65 Å². The van der Waals surface area contributed by atoms with Gasteiger partial charge in [0.25, 0.3) is 0 Å². The average Bonchev–Trinajstić information content (AvgIpc) is 2.94. The lowest BCUT2D eigenvalue weighted by molar-refractivity contribution is 0.311. The lowest BCUT2D eigenvalue weighted by Crippen LogP contribution is -2.20. The van der Waals surface area contributed by atoms with Crippen LogP contribution in [0, 0.1) is 0 Å². The van der Waals surface area contributed by atoms with E-state index in [9.17, 15) is 0 Å². The van der Waals surface area contributed by atoms with Crippen LogP contribution in [0.5, 0.6) is 0 Å². The van der Waals surface area contributed by atoms with Crippen molar-refractivity contribution in [1.29, 1.82) is 0 Å². The van der Waals surface area contributed by atoms with Gasteiger partial charge in [-0.2, -0.15) is 11.8 Å². The molecule has 1 unspecified atom stereocenters. The van der Waals surface area contributed by atoms with Crippen molar-refractivity contribution >= 4 is 22.9 Å². The fourth-order valence-corrected chi connectivity index (χ4v) is 4.23. The molecule has 2 aliphatic rings. The maximum Gasteiger partial charge on any atom is 0.160 e. The second-order valence-electron chi connectivity index (χ2n) is 5.27. The molecule has 1 saturated carbocycles. The molecule has 1 aliphatic heterocycles. The summed E-state index contributed by atoms with van der Waals surface area (Å²) in [5, 5.41) is 0.597. The predicted octanol–water partition coefficient (Wildman–Crippen LogP) is 3.72. The van der Waals surface area contributed by atoms with Crippen LogP contribution in [-0.2, 0) is 0 Å². The van der Waals surface area contributed by atoms with E-state index in [2.05, 4.69) is 27.4 Å². The Hall–Kier alpha value is -1.03. The van der Waals surface area contributed by atoms with Crippen LogP contribution in [-0.4, -0.2) is 20.3 Å². The predicted molar refractivity (Wildman–Crippen MR) is 74.8 cm³/mol. The molecule has 94 valence electrons. The van der Waals surface area contributed by atoms with Gasteiger partial charge >= 0.3 is 0 Å². The van der Waals surface area contributed by atoms with Crippen molar-refractivity contribution in [2.75, 3.05) is 5.75 Å². The molecule has 1 aliphatic carbocycles. The third-order valence-corrected chi connectivity index (χ3v) is 5.51. The number of nitrogens with zero attached hydrogens (tertiary/aromatic N) is 3. The maximum atomic E-state index is 4.88. The van der Waals surface area contributed by atoms with Crippen LogP contribution in [0.25, 0.3) is 11.2 Å². The van der Waals surface area contributed by atoms with Gasteiger partial charge in [0.1, 0.15) is 11.3 Å². The lowest BCUT2D eigenvalue weighted by atomic mass is 9.92. The topological polar surface area (TPSA) is 30.7 Å². The summed E-state index contributed by atoms with van der Waals surface area (Å²) < 4.78 is 2.45. The van der Waals surface area contributed by atoms with Gasteiger partial charge in [-0.15, -0.1) is 0 Å². The molecule has 3 nitrogen and oxygen atoms in total. The molecule has 4 heteroatoms. The van der Waals surface area contributed by atoms with Gasteiger partial charge in [-0.25, -0.2) is 9.97 Å². The smallest absolute Gasteiger partial charge is 0.160 e. The molecule has 4 rings (SSSR count). The number of imidazole rings is 1. The molecule has 1 atom stereocenters. The Balaban J connectivity index is 1.88. The zero-order chi connectivity index (χ0) is 11.9. The van der Waals surface area contributed by atoms with Gasteiger partial charge in [0, 0.05) is 12.2 Å². The van der Waals surface area contributed by atoms with Crippen LogP contribution in [0.3, 0.4) is 0 Å². The van der Waals surface area contributed by atoms with Crippen LogP contribution in [0.15, 0.2) is 18.3 Å². The highest BCUT2D eigenvalue weighted by Gasteiger charge is 2.30. The first kappa shape index (κ1) is 10.9. The van der Waals surface area contributed by atoms with Crippen molar-refractivity contribution in [3.05, 3.63) is 24.2 Å². The van der Waals surface area contributed by atoms with Crippen molar-refractivity contribution in [3.63, 3.8) is 0 Å². The van der Waals surface area contributed by atoms with Gasteiger partial charge in [0.2, 0.25) is 0 Å². The highest BCUT2D eigenvalue weighted by atomic mass is 32.2. The van der Waals surface area contributed by atoms with E-state index in [4.69, 9.17) is 4.98 Å². The number of fused-ring (bicyclic) bond motifs is 1. The van der Waals surface area contributed by atoms with Gasteiger partial charge in [-0.1, -0.05) is 0 Å². The summed E-state index contributed by atoms with van der Waals surface area (Å²) >= 11 is 2.07. The third kappa shape index (κ3) is 1.58. The van der Waals surface area contributed by atoms with E-state index < -0.39 is 0 Å². The molecule has 0 spiro atoms. The Morgan fingerprint density at radius 3 is 2.89 bits per heavy atom. The lowest BCUT2D eigenvalue weighted by Gasteiger charge is -2.29. The van der Waals surface area contributed by atoms with Gasteiger partial charge in [-0.05, 0) is 50.0 Å². The summed E-state index contributed by atoms with van der Waals surface area (Å²) in [6, 6.07) is 4.74. The highest BCUT2D eigenvalue weighted by Crippen LogP contribution is 2.43. The molecule has 2 aromatic rings. The first-order valence-electron chi connectivity index (χ1n) is 6.88. The van der Waals surface area contributed by atoms with Crippen molar-refractivity contribution in [1.82, 2.24) is 14.5 Å². The molecule has 2 aromatic heterocycles. The van der Waals surface area contributed by atoms with E-state index in [0.717, 1.165) is 11.2 Å². The van der Waals surface area contributed by atoms with E-state index in [0.29, 0.717) is 11.3 Å².